The van der Waals surface area contributed by atoms with Gasteiger partial charge in [-0.1, -0.05) is 41.9 Å². The van der Waals surface area contributed by atoms with Gasteiger partial charge < -0.3 is 9.64 Å². The first-order valence-electron chi connectivity index (χ1n) is 8.95. The molecule has 2 heterocycles. The van der Waals surface area contributed by atoms with Crippen molar-refractivity contribution in [2.75, 3.05) is 26.2 Å². The van der Waals surface area contributed by atoms with Crippen molar-refractivity contribution in [1.82, 2.24) is 19.0 Å². The lowest BCUT2D eigenvalue weighted by molar-refractivity contribution is 0.0980. The Balaban J connectivity index is 1.65. The van der Waals surface area contributed by atoms with E-state index in [0.29, 0.717) is 25.2 Å². The number of hydrogen-bond acceptors (Lipinski definition) is 5. The topological polar surface area (TPSA) is 84.7 Å². The van der Waals surface area contributed by atoms with Crippen LogP contribution < -0.4 is 0 Å². The van der Waals surface area contributed by atoms with Crippen LogP contribution in [0, 0.1) is 6.92 Å². The van der Waals surface area contributed by atoms with Crippen LogP contribution in [-0.2, 0) is 28.4 Å². The number of ether oxygens (including phenoxy) is 1. The highest BCUT2D eigenvalue weighted by Crippen LogP contribution is 2.28. The maximum Gasteiger partial charge on any atom is 0.410 e. The summed E-state index contributed by atoms with van der Waals surface area (Å²) >= 11 is 6.15. The van der Waals surface area contributed by atoms with Crippen molar-refractivity contribution in [3.8, 4) is 0 Å². The van der Waals surface area contributed by atoms with Gasteiger partial charge >= 0.3 is 6.09 Å². The molecule has 1 aromatic carbocycles. The number of amides is 1. The number of halogens is 1. The molecule has 1 fully saturated rings. The molecule has 3 rings (SSSR count). The van der Waals surface area contributed by atoms with Crippen molar-refractivity contribution in [1.29, 1.82) is 0 Å². The smallest absolute Gasteiger partial charge is 0.410 e. The van der Waals surface area contributed by atoms with Crippen molar-refractivity contribution >= 4 is 27.7 Å². The molecular formula is C18H23ClN4O4S. The zero-order valence-electron chi connectivity index (χ0n) is 15.8. The predicted molar refractivity (Wildman–Crippen MR) is 105 cm³/mol. The van der Waals surface area contributed by atoms with E-state index in [1.165, 1.54) is 13.9 Å². The standard InChI is InChI=1S/C18H23ClN4O4S/c1-14-16(17(19)21(2)20-14)28(25,26)23-10-6-9-22(11-12-23)18(24)27-13-15-7-4-3-5-8-15/h3-5,7-8H,6,9-13H2,1-2H3. The lowest BCUT2D eigenvalue weighted by atomic mass is 10.2. The summed E-state index contributed by atoms with van der Waals surface area (Å²) in [6.45, 7) is 2.96. The zero-order valence-corrected chi connectivity index (χ0v) is 17.4. The molecule has 0 bridgehead atoms. The van der Waals surface area contributed by atoms with Gasteiger partial charge in [-0.3, -0.25) is 4.68 Å². The minimum atomic E-state index is -3.79. The van der Waals surface area contributed by atoms with Gasteiger partial charge in [0.25, 0.3) is 0 Å². The van der Waals surface area contributed by atoms with Crippen LogP contribution in [0.25, 0.3) is 0 Å². The van der Waals surface area contributed by atoms with Crippen LogP contribution in [0.1, 0.15) is 17.7 Å². The number of sulfonamides is 1. The van der Waals surface area contributed by atoms with E-state index in [9.17, 15) is 13.2 Å². The van der Waals surface area contributed by atoms with Crippen LogP contribution in [0.2, 0.25) is 5.15 Å². The summed E-state index contributed by atoms with van der Waals surface area (Å²) in [4.78, 5) is 13.9. The Morgan fingerprint density at radius 3 is 2.54 bits per heavy atom. The van der Waals surface area contributed by atoms with Crippen molar-refractivity contribution in [2.24, 2.45) is 7.05 Å². The highest BCUT2D eigenvalue weighted by atomic mass is 35.5. The molecule has 0 radical (unpaired) electrons. The minimum Gasteiger partial charge on any atom is -0.445 e. The second kappa shape index (κ2) is 8.50. The van der Waals surface area contributed by atoms with Crippen LogP contribution >= 0.6 is 11.6 Å². The second-order valence-electron chi connectivity index (χ2n) is 6.61. The van der Waals surface area contributed by atoms with Crippen LogP contribution in [0.15, 0.2) is 35.2 Å². The maximum atomic E-state index is 13.0. The molecule has 0 saturated carbocycles. The summed E-state index contributed by atoms with van der Waals surface area (Å²) in [5.41, 5.74) is 1.26. The number of hydrogen-bond donors (Lipinski definition) is 0. The summed E-state index contributed by atoms with van der Waals surface area (Å²) in [5, 5.41) is 4.17. The quantitative estimate of drug-likeness (QED) is 0.749. The zero-order chi connectivity index (χ0) is 20.3. The molecule has 0 spiro atoms. The monoisotopic (exact) mass is 426 g/mol. The fraction of sp³-hybridized carbons (Fsp3) is 0.444. The Hall–Kier alpha value is -2.10. The Morgan fingerprint density at radius 2 is 1.89 bits per heavy atom. The van der Waals surface area contributed by atoms with E-state index >= 15 is 0 Å². The summed E-state index contributed by atoms with van der Waals surface area (Å²) in [5.74, 6) is 0. The van der Waals surface area contributed by atoms with Crippen LogP contribution in [0.4, 0.5) is 4.79 Å². The third-order valence-corrected chi connectivity index (χ3v) is 7.21. The van der Waals surface area contributed by atoms with Crippen LogP contribution in [-0.4, -0.2) is 59.7 Å². The van der Waals surface area contributed by atoms with E-state index in [-0.39, 0.29) is 29.7 Å². The average Bonchev–Trinajstić information content (AvgIpc) is 2.84. The highest BCUT2D eigenvalue weighted by molar-refractivity contribution is 7.89. The van der Waals surface area contributed by atoms with Gasteiger partial charge in [0.1, 0.15) is 16.7 Å². The number of benzene rings is 1. The number of carbonyl (C=O) groups excluding carboxylic acids is 1. The number of rotatable bonds is 4. The average molecular weight is 427 g/mol. The summed E-state index contributed by atoms with van der Waals surface area (Å²) in [7, 11) is -2.19. The summed E-state index contributed by atoms with van der Waals surface area (Å²) in [6, 6.07) is 9.41. The number of aryl methyl sites for hydroxylation is 2. The maximum absolute atomic E-state index is 13.0. The molecule has 1 aromatic heterocycles. The fourth-order valence-corrected chi connectivity index (χ4v) is 5.34. The minimum absolute atomic E-state index is 0.0248. The Morgan fingerprint density at radius 1 is 1.18 bits per heavy atom. The van der Waals surface area contributed by atoms with Gasteiger partial charge in [-0.15, -0.1) is 0 Å². The molecule has 1 aliphatic heterocycles. The molecule has 28 heavy (non-hydrogen) atoms. The van der Waals surface area contributed by atoms with E-state index in [2.05, 4.69) is 5.10 Å². The molecule has 2 aromatic rings. The van der Waals surface area contributed by atoms with E-state index in [1.54, 1.807) is 14.0 Å². The molecule has 10 heteroatoms. The lowest BCUT2D eigenvalue weighted by Gasteiger charge is -2.21. The third kappa shape index (κ3) is 4.31. The van der Waals surface area contributed by atoms with Gasteiger partial charge in [-0.25, -0.2) is 13.2 Å². The molecule has 0 N–H and O–H groups in total. The SMILES string of the molecule is Cc1nn(C)c(Cl)c1S(=O)(=O)N1CCCN(C(=O)OCc2ccccc2)CC1. The van der Waals surface area contributed by atoms with Crippen LogP contribution in [0.5, 0.6) is 0 Å². The Kier molecular flexibility index (Phi) is 6.26. The first kappa shape index (κ1) is 20.6. The number of aromatic nitrogens is 2. The van der Waals surface area contributed by atoms with Gasteiger partial charge in [0.05, 0.1) is 5.69 Å². The Bertz CT molecular complexity index is 946. The van der Waals surface area contributed by atoms with Crippen molar-refractivity contribution in [3.63, 3.8) is 0 Å². The first-order chi connectivity index (χ1) is 13.3. The van der Waals surface area contributed by atoms with Crippen molar-refractivity contribution in [2.45, 2.75) is 24.8 Å². The van der Waals surface area contributed by atoms with E-state index in [1.807, 2.05) is 30.3 Å². The molecule has 1 aliphatic rings. The number of carbonyl (C=O) groups is 1. The molecule has 0 aliphatic carbocycles. The highest BCUT2D eigenvalue weighted by Gasteiger charge is 2.33. The molecule has 0 unspecified atom stereocenters. The van der Waals surface area contributed by atoms with Crippen LogP contribution in [0.3, 0.4) is 0 Å². The van der Waals surface area contributed by atoms with E-state index in [0.717, 1.165) is 5.56 Å². The van der Waals surface area contributed by atoms with Gasteiger partial charge in [-0.2, -0.15) is 9.40 Å². The summed E-state index contributed by atoms with van der Waals surface area (Å²) < 4.78 is 34.1. The van der Waals surface area contributed by atoms with Crippen molar-refractivity contribution in [3.05, 3.63) is 46.7 Å². The summed E-state index contributed by atoms with van der Waals surface area (Å²) in [6.07, 6.45) is 0.0649. The number of nitrogens with zero attached hydrogens (tertiary/aromatic N) is 4. The van der Waals surface area contributed by atoms with Gasteiger partial charge in [-0.05, 0) is 18.9 Å². The lowest BCUT2D eigenvalue weighted by Crippen LogP contribution is -2.37. The van der Waals surface area contributed by atoms with E-state index < -0.39 is 16.1 Å². The van der Waals surface area contributed by atoms with E-state index in [4.69, 9.17) is 16.3 Å². The molecule has 0 atom stereocenters. The van der Waals surface area contributed by atoms with Gasteiger partial charge in [0.15, 0.2) is 0 Å². The van der Waals surface area contributed by atoms with Gasteiger partial charge in [0.2, 0.25) is 10.0 Å². The largest absolute Gasteiger partial charge is 0.445 e. The fourth-order valence-electron chi connectivity index (χ4n) is 3.16. The third-order valence-electron chi connectivity index (χ3n) is 4.62. The predicted octanol–water partition coefficient (Wildman–Crippen LogP) is 2.42. The Labute approximate surface area is 169 Å². The molecule has 1 amide bonds. The van der Waals surface area contributed by atoms with Gasteiger partial charge in [0, 0.05) is 33.2 Å². The normalized spacial score (nSPS) is 16.0. The molecule has 152 valence electrons. The first-order valence-corrected chi connectivity index (χ1v) is 10.8. The molecular weight excluding hydrogens is 404 g/mol. The molecule has 8 nitrogen and oxygen atoms in total. The second-order valence-corrected chi connectivity index (χ2v) is 8.85. The molecule has 1 saturated heterocycles. The van der Waals surface area contributed by atoms with Crippen molar-refractivity contribution < 1.29 is 17.9 Å².